The molecule has 2 rings (SSSR count). The highest BCUT2D eigenvalue weighted by atomic mass is 79.9. The number of sulfonamides is 1. The van der Waals surface area contributed by atoms with Crippen molar-refractivity contribution in [3.63, 3.8) is 0 Å². The van der Waals surface area contributed by atoms with Crippen molar-refractivity contribution >= 4 is 26.0 Å². The van der Waals surface area contributed by atoms with Gasteiger partial charge in [-0.1, -0.05) is 22.9 Å². The summed E-state index contributed by atoms with van der Waals surface area (Å²) in [6, 6.07) is 4.40. The molecule has 23 heavy (non-hydrogen) atoms. The molecule has 1 heterocycles. The van der Waals surface area contributed by atoms with Crippen LogP contribution in [0.25, 0.3) is 0 Å². The van der Waals surface area contributed by atoms with Crippen LogP contribution in [0.4, 0.5) is 0 Å². The molecule has 0 aromatic heterocycles. The summed E-state index contributed by atoms with van der Waals surface area (Å²) in [5.41, 5.74) is 0. The molecule has 0 unspecified atom stereocenters. The van der Waals surface area contributed by atoms with Gasteiger partial charge in [-0.3, -0.25) is 0 Å². The molecule has 0 bridgehead atoms. The fourth-order valence-corrected chi connectivity index (χ4v) is 4.81. The van der Waals surface area contributed by atoms with E-state index in [9.17, 15) is 13.5 Å². The van der Waals surface area contributed by atoms with Crippen molar-refractivity contribution in [2.75, 3.05) is 26.7 Å². The van der Waals surface area contributed by atoms with Crippen LogP contribution in [0.15, 0.2) is 27.6 Å². The lowest BCUT2D eigenvalue weighted by molar-refractivity contribution is 0.103. The van der Waals surface area contributed by atoms with Crippen LogP contribution in [0.2, 0.25) is 0 Å². The normalized spacial score (nSPS) is 25.8. The predicted molar refractivity (Wildman–Crippen MR) is 92.1 cm³/mol. The van der Waals surface area contributed by atoms with Crippen LogP contribution in [0.3, 0.4) is 0 Å². The number of fused-ring (bicyclic) bond motifs is 1. The van der Waals surface area contributed by atoms with Gasteiger partial charge in [0.25, 0.3) is 0 Å². The Bertz CT molecular complexity index is 653. The molecular formula is C15H23BrN2O4S. The molecule has 0 saturated heterocycles. The first-order valence-electron chi connectivity index (χ1n) is 7.54. The van der Waals surface area contributed by atoms with Crippen LogP contribution >= 0.6 is 15.9 Å². The predicted octanol–water partition coefficient (Wildman–Crippen LogP) is 1.44. The number of aliphatic hydroxyl groups excluding tert-OH is 1. The third-order valence-electron chi connectivity index (χ3n) is 4.03. The van der Waals surface area contributed by atoms with Crippen molar-refractivity contribution in [2.45, 2.75) is 30.9 Å². The summed E-state index contributed by atoms with van der Waals surface area (Å²) in [5, 5.41) is 12.6. The molecule has 0 saturated carbocycles. The van der Waals surface area contributed by atoms with E-state index in [4.69, 9.17) is 4.74 Å². The quantitative estimate of drug-likeness (QED) is 0.790. The average molecular weight is 407 g/mol. The Balaban J connectivity index is 2.58. The summed E-state index contributed by atoms with van der Waals surface area (Å²) in [6.07, 6.45) is -0.169. The second kappa shape index (κ2) is 7.48. The van der Waals surface area contributed by atoms with E-state index in [-0.39, 0.29) is 23.5 Å². The molecule has 6 nitrogen and oxygen atoms in total. The van der Waals surface area contributed by atoms with Crippen molar-refractivity contribution in [3.8, 4) is 5.75 Å². The van der Waals surface area contributed by atoms with Gasteiger partial charge < -0.3 is 15.2 Å². The maximum Gasteiger partial charge on any atom is 0.247 e. The number of likely N-dealkylation sites (N-methyl/N-ethyl adjacent to an activating group) is 1. The molecule has 130 valence electrons. The summed E-state index contributed by atoms with van der Waals surface area (Å²) in [4.78, 5) is 0.133. The number of hydrogen-bond donors (Lipinski definition) is 2. The number of nitrogens with one attached hydrogen (secondary N) is 1. The van der Waals surface area contributed by atoms with E-state index < -0.39 is 16.1 Å². The number of benzene rings is 1. The largest absolute Gasteiger partial charge is 0.487 e. The smallest absolute Gasteiger partial charge is 0.247 e. The Morgan fingerprint density at radius 2 is 2.22 bits per heavy atom. The standard InChI is InChI=1S/C15H23BrN2O4S/c1-10-8-18(11(2)9-19)23(20,21)15-5-4-12(16)6-13(15)22-14(10)7-17-3/h4-6,10-11,14,17,19H,7-9H2,1-3H3/t10-,11+,14+/m1/s1. The van der Waals surface area contributed by atoms with Crippen LogP contribution in [-0.2, 0) is 10.0 Å². The van der Waals surface area contributed by atoms with Gasteiger partial charge in [-0.15, -0.1) is 0 Å². The Hall–Kier alpha value is -0.670. The second-order valence-corrected chi connectivity index (χ2v) is 8.66. The van der Waals surface area contributed by atoms with Crippen molar-refractivity contribution in [2.24, 2.45) is 5.92 Å². The van der Waals surface area contributed by atoms with Gasteiger partial charge in [0.1, 0.15) is 16.7 Å². The van der Waals surface area contributed by atoms with Gasteiger partial charge in [0.05, 0.1) is 6.61 Å². The van der Waals surface area contributed by atoms with Crippen molar-refractivity contribution in [3.05, 3.63) is 22.7 Å². The minimum atomic E-state index is -3.73. The van der Waals surface area contributed by atoms with Crippen molar-refractivity contribution in [1.29, 1.82) is 0 Å². The van der Waals surface area contributed by atoms with Crippen molar-refractivity contribution in [1.82, 2.24) is 9.62 Å². The molecule has 2 N–H and O–H groups in total. The monoisotopic (exact) mass is 406 g/mol. The van der Waals surface area contributed by atoms with Gasteiger partial charge in [-0.2, -0.15) is 4.31 Å². The van der Waals surface area contributed by atoms with E-state index in [1.165, 1.54) is 10.4 Å². The molecule has 0 fully saturated rings. The Kier molecular flexibility index (Phi) is 6.07. The lowest BCUT2D eigenvalue weighted by atomic mass is 10.0. The van der Waals surface area contributed by atoms with Gasteiger partial charge >= 0.3 is 0 Å². The van der Waals surface area contributed by atoms with Gasteiger partial charge in [0, 0.05) is 29.5 Å². The van der Waals surface area contributed by atoms with E-state index in [0.717, 1.165) is 4.47 Å². The molecule has 1 aromatic rings. The van der Waals surface area contributed by atoms with Gasteiger partial charge in [-0.05, 0) is 32.2 Å². The highest BCUT2D eigenvalue weighted by Crippen LogP contribution is 2.34. The summed E-state index contributed by atoms with van der Waals surface area (Å²) in [6.45, 7) is 4.34. The van der Waals surface area contributed by atoms with Gasteiger partial charge in [-0.25, -0.2) is 8.42 Å². The maximum atomic E-state index is 13.0. The molecule has 0 aliphatic carbocycles. The zero-order chi connectivity index (χ0) is 17.2. The number of halogens is 1. The highest BCUT2D eigenvalue weighted by molar-refractivity contribution is 9.10. The van der Waals surface area contributed by atoms with Gasteiger partial charge in [0.15, 0.2) is 0 Å². The topological polar surface area (TPSA) is 78.9 Å². The summed E-state index contributed by atoms with van der Waals surface area (Å²) in [5.74, 6) is 0.305. The molecule has 3 atom stereocenters. The summed E-state index contributed by atoms with van der Waals surface area (Å²) >= 11 is 3.36. The van der Waals surface area contributed by atoms with Gasteiger partial charge in [0.2, 0.25) is 10.0 Å². The van der Waals surface area contributed by atoms with E-state index in [1.807, 2.05) is 14.0 Å². The SMILES string of the molecule is CNC[C@@H]1Oc2cc(Br)ccc2S(=O)(=O)N([C@@H](C)CO)C[C@H]1C. The van der Waals surface area contributed by atoms with Crippen LogP contribution in [0.5, 0.6) is 5.75 Å². The molecule has 8 heteroatoms. The molecule has 1 aromatic carbocycles. The maximum absolute atomic E-state index is 13.0. The molecule has 1 aliphatic rings. The van der Waals surface area contributed by atoms with Crippen LogP contribution in [-0.4, -0.2) is 56.7 Å². The minimum Gasteiger partial charge on any atom is -0.487 e. The van der Waals surface area contributed by atoms with E-state index in [0.29, 0.717) is 18.8 Å². The highest BCUT2D eigenvalue weighted by Gasteiger charge is 2.37. The first kappa shape index (κ1) is 18.7. The second-order valence-electron chi connectivity index (χ2n) is 5.89. The number of ether oxygens (including phenoxy) is 1. The summed E-state index contributed by atoms with van der Waals surface area (Å²) < 4.78 is 34.1. The zero-order valence-electron chi connectivity index (χ0n) is 13.5. The lowest BCUT2D eigenvalue weighted by Crippen LogP contribution is -2.49. The van der Waals surface area contributed by atoms with E-state index in [1.54, 1.807) is 19.1 Å². The minimum absolute atomic E-state index is 0.0293. The summed E-state index contributed by atoms with van der Waals surface area (Å²) in [7, 11) is -1.90. The van der Waals surface area contributed by atoms with E-state index >= 15 is 0 Å². The fourth-order valence-electron chi connectivity index (χ4n) is 2.64. The number of rotatable bonds is 4. The Morgan fingerprint density at radius 3 is 2.83 bits per heavy atom. The molecular weight excluding hydrogens is 384 g/mol. The lowest BCUT2D eigenvalue weighted by Gasteiger charge is -2.36. The fraction of sp³-hybridized carbons (Fsp3) is 0.600. The molecule has 0 radical (unpaired) electrons. The Morgan fingerprint density at radius 1 is 1.52 bits per heavy atom. The molecule has 1 aliphatic heterocycles. The molecule has 0 spiro atoms. The zero-order valence-corrected chi connectivity index (χ0v) is 15.9. The van der Waals surface area contributed by atoms with Crippen LogP contribution in [0, 0.1) is 5.92 Å². The first-order chi connectivity index (χ1) is 10.8. The van der Waals surface area contributed by atoms with Crippen LogP contribution in [0.1, 0.15) is 13.8 Å². The number of aliphatic hydroxyl groups is 1. The number of nitrogens with zero attached hydrogens (tertiary/aromatic N) is 1. The third kappa shape index (κ3) is 3.88. The average Bonchev–Trinajstić information content (AvgIpc) is 2.50. The number of hydrogen-bond acceptors (Lipinski definition) is 5. The van der Waals surface area contributed by atoms with Crippen LogP contribution < -0.4 is 10.1 Å². The van der Waals surface area contributed by atoms with Crippen molar-refractivity contribution < 1.29 is 18.3 Å². The Labute approximate surface area is 146 Å². The molecule has 0 amide bonds. The third-order valence-corrected chi connectivity index (χ3v) is 6.55. The first-order valence-corrected chi connectivity index (χ1v) is 9.78. The van der Waals surface area contributed by atoms with E-state index in [2.05, 4.69) is 21.2 Å².